The number of aliphatic imine (C=N–C) groups is 1. The fraction of sp³-hybridized carbons (Fsp3) is 0.333. The fourth-order valence-electron chi connectivity index (χ4n) is 0.235. The molecule has 0 saturated heterocycles. The Morgan fingerprint density at radius 3 is 2.62 bits per heavy atom. The molecule has 0 amide bonds. The van der Waals surface area contributed by atoms with E-state index in [1.807, 2.05) is 13.8 Å². The molecule has 0 aliphatic rings. The highest BCUT2D eigenvalue weighted by Crippen LogP contribution is 1.82. The van der Waals surface area contributed by atoms with Crippen LogP contribution in [0.15, 0.2) is 16.8 Å². The molecule has 0 aromatic carbocycles. The van der Waals surface area contributed by atoms with Crippen LogP contribution in [-0.2, 0) is 0 Å². The predicted octanol–water partition coefficient (Wildman–Crippen LogP) is -0.189. The van der Waals surface area contributed by atoms with Gasteiger partial charge in [0.05, 0.1) is 0 Å². The van der Waals surface area contributed by atoms with Gasteiger partial charge in [0, 0.05) is 18.0 Å². The Morgan fingerprint density at radius 2 is 2.25 bits per heavy atom. The largest absolute Gasteiger partial charge is 0.269 e. The third-order valence-corrected chi connectivity index (χ3v) is 0.690. The molecule has 2 N–H and O–H groups in total. The van der Waals surface area contributed by atoms with E-state index in [9.17, 15) is 0 Å². The lowest BCUT2D eigenvalue weighted by Crippen LogP contribution is -2.29. The fourth-order valence-corrected chi connectivity index (χ4v) is 0.235. The topological polar surface area (TPSA) is 38.0 Å². The van der Waals surface area contributed by atoms with Gasteiger partial charge in [-0.1, -0.05) is 0 Å². The van der Waals surface area contributed by atoms with E-state index < -0.39 is 0 Å². The molecule has 2 heteroatoms. The molecule has 0 aliphatic carbocycles. The smallest absolute Gasteiger partial charge is 0.164 e. The van der Waals surface area contributed by atoms with Crippen LogP contribution in [0.5, 0.6) is 0 Å². The standard InChI is InChI=1S/C6H10N2/c1-3-8-5-6(2)4-7/h3-5,7H,1-2H3/p+1/b6-5-,7-4?,8-3?. The van der Waals surface area contributed by atoms with Crippen molar-refractivity contribution in [3.8, 4) is 0 Å². The Kier molecular flexibility index (Phi) is 3.76. The van der Waals surface area contributed by atoms with E-state index in [1.165, 1.54) is 6.21 Å². The molecular formula is C6H11N2+. The molecule has 0 aromatic heterocycles. The molecule has 0 unspecified atom stereocenters. The number of nitrogens with zero attached hydrogens (tertiary/aromatic N) is 1. The first kappa shape index (κ1) is 7.08. The molecule has 0 radical (unpaired) electrons. The van der Waals surface area contributed by atoms with Gasteiger partial charge in [-0.3, -0.25) is 10.4 Å². The molecule has 0 heterocycles. The van der Waals surface area contributed by atoms with Gasteiger partial charge in [-0.25, -0.2) is 0 Å². The van der Waals surface area contributed by atoms with Crippen molar-refractivity contribution in [2.45, 2.75) is 13.8 Å². The first-order valence-corrected chi connectivity index (χ1v) is 2.50. The zero-order valence-electron chi connectivity index (χ0n) is 5.26. The quantitative estimate of drug-likeness (QED) is 0.480. The highest BCUT2D eigenvalue weighted by molar-refractivity contribution is 5.72. The number of allylic oxidation sites excluding steroid dienone is 1. The van der Waals surface area contributed by atoms with Gasteiger partial charge in [-0.15, -0.1) is 0 Å². The van der Waals surface area contributed by atoms with E-state index >= 15 is 0 Å². The van der Waals surface area contributed by atoms with Gasteiger partial charge in [0.2, 0.25) is 0 Å². The van der Waals surface area contributed by atoms with E-state index in [4.69, 9.17) is 5.41 Å². The maximum Gasteiger partial charge on any atom is 0.164 e. The zero-order valence-corrected chi connectivity index (χ0v) is 5.26. The van der Waals surface area contributed by atoms with Crippen molar-refractivity contribution in [2.24, 2.45) is 4.99 Å². The molecule has 0 rings (SSSR count). The second kappa shape index (κ2) is 4.24. The first-order chi connectivity index (χ1) is 3.81. The molecule has 0 aliphatic heterocycles. The molecule has 0 aromatic rings. The Morgan fingerprint density at radius 1 is 1.62 bits per heavy atom. The van der Waals surface area contributed by atoms with Crippen molar-refractivity contribution in [3.63, 3.8) is 0 Å². The summed E-state index contributed by atoms with van der Waals surface area (Å²) in [7, 11) is 0. The molecule has 0 fully saturated rings. The summed E-state index contributed by atoms with van der Waals surface area (Å²) < 4.78 is 0. The summed E-state index contributed by atoms with van der Waals surface area (Å²) in [6, 6.07) is 0. The predicted molar refractivity (Wildman–Crippen MR) is 35.9 cm³/mol. The lowest BCUT2D eigenvalue weighted by atomic mass is 10.4. The number of hydrogen-bond donors (Lipinski definition) is 1. The molecule has 0 spiro atoms. The van der Waals surface area contributed by atoms with Crippen LogP contribution >= 0.6 is 0 Å². The molecular weight excluding hydrogens is 100 g/mol. The summed E-state index contributed by atoms with van der Waals surface area (Å²) in [6.45, 7) is 3.76. The SMILES string of the molecule is CC=N/C=C(/C)C=[NH2+]. The minimum Gasteiger partial charge on any atom is -0.269 e. The minimum absolute atomic E-state index is 0.975. The summed E-state index contributed by atoms with van der Waals surface area (Å²) >= 11 is 0. The summed E-state index contributed by atoms with van der Waals surface area (Å²) in [4.78, 5) is 3.84. The minimum atomic E-state index is 0.975. The van der Waals surface area contributed by atoms with Gasteiger partial charge in [0.25, 0.3) is 0 Å². The Labute approximate surface area is 49.5 Å². The van der Waals surface area contributed by atoms with Gasteiger partial charge in [0.15, 0.2) is 6.21 Å². The van der Waals surface area contributed by atoms with Crippen LogP contribution < -0.4 is 5.41 Å². The van der Waals surface area contributed by atoms with E-state index in [-0.39, 0.29) is 0 Å². The number of nitrogens with two attached hydrogens (primary N) is 1. The van der Waals surface area contributed by atoms with Gasteiger partial charge in [-0.2, -0.15) is 0 Å². The molecule has 0 atom stereocenters. The van der Waals surface area contributed by atoms with E-state index in [0.29, 0.717) is 0 Å². The molecule has 0 saturated carbocycles. The normalized spacial score (nSPS) is 12.5. The second-order valence-corrected chi connectivity index (χ2v) is 1.45. The van der Waals surface area contributed by atoms with Crippen molar-refractivity contribution in [1.29, 1.82) is 0 Å². The van der Waals surface area contributed by atoms with Gasteiger partial charge >= 0.3 is 0 Å². The summed E-state index contributed by atoms with van der Waals surface area (Å²) in [5.41, 5.74) is 0.975. The first-order valence-electron chi connectivity index (χ1n) is 2.50. The van der Waals surface area contributed by atoms with Gasteiger partial charge in [-0.05, 0) is 13.8 Å². The maximum absolute atomic E-state index is 5.15. The van der Waals surface area contributed by atoms with Crippen LogP contribution in [0.4, 0.5) is 0 Å². The molecule has 2 nitrogen and oxygen atoms in total. The van der Waals surface area contributed by atoms with Crippen LogP contribution in [0.25, 0.3) is 0 Å². The molecule has 8 heavy (non-hydrogen) atoms. The van der Waals surface area contributed by atoms with E-state index in [2.05, 4.69) is 4.99 Å². The third kappa shape index (κ3) is 3.28. The second-order valence-electron chi connectivity index (χ2n) is 1.45. The number of hydrogen-bond acceptors (Lipinski definition) is 1. The maximum atomic E-state index is 5.15. The summed E-state index contributed by atoms with van der Waals surface area (Å²) in [6.07, 6.45) is 4.94. The number of rotatable bonds is 2. The summed E-state index contributed by atoms with van der Waals surface area (Å²) in [5.74, 6) is 0. The Balaban J connectivity index is 3.74. The molecule has 0 bridgehead atoms. The Hall–Kier alpha value is -0.920. The average Bonchev–Trinajstić information content (AvgIpc) is 1.83. The van der Waals surface area contributed by atoms with Crippen molar-refractivity contribution < 1.29 is 5.41 Å². The van der Waals surface area contributed by atoms with Crippen molar-refractivity contribution >= 4 is 12.4 Å². The van der Waals surface area contributed by atoms with Gasteiger partial charge in [0.1, 0.15) is 0 Å². The lowest BCUT2D eigenvalue weighted by Gasteiger charge is -1.76. The van der Waals surface area contributed by atoms with Crippen LogP contribution in [0.2, 0.25) is 0 Å². The van der Waals surface area contributed by atoms with Crippen LogP contribution in [0.1, 0.15) is 13.8 Å². The van der Waals surface area contributed by atoms with Crippen LogP contribution in [-0.4, -0.2) is 12.4 Å². The van der Waals surface area contributed by atoms with Crippen LogP contribution in [0.3, 0.4) is 0 Å². The van der Waals surface area contributed by atoms with Crippen LogP contribution in [0, 0.1) is 0 Å². The Bertz CT molecular complexity index is 122. The summed E-state index contributed by atoms with van der Waals surface area (Å²) in [5, 5.41) is 5.15. The van der Waals surface area contributed by atoms with Crippen molar-refractivity contribution in [2.75, 3.05) is 0 Å². The monoisotopic (exact) mass is 111 g/mol. The average molecular weight is 111 g/mol. The molecule has 44 valence electrons. The highest BCUT2D eigenvalue weighted by Gasteiger charge is 1.77. The lowest BCUT2D eigenvalue weighted by molar-refractivity contribution is -0.104. The van der Waals surface area contributed by atoms with Crippen molar-refractivity contribution in [1.82, 2.24) is 0 Å². The van der Waals surface area contributed by atoms with E-state index in [0.717, 1.165) is 5.57 Å². The van der Waals surface area contributed by atoms with Gasteiger partial charge < -0.3 is 0 Å². The van der Waals surface area contributed by atoms with E-state index in [1.54, 1.807) is 12.4 Å². The third-order valence-electron chi connectivity index (χ3n) is 0.690. The van der Waals surface area contributed by atoms with Crippen molar-refractivity contribution in [3.05, 3.63) is 11.8 Å². The highest BCUT2D eigenvalue weighted by atomic mass is 14.7. The zero-order chi connectivity index (χ0) is 6.41.